The van der Waals surface area contributed by atoms with Gasteiger partial charge in [-0.25, -0.2) is 0 Å². The summed E-state index contributed by atoms with van der Waals surface area (Å²) in [4.78, 5) is 16.4. The fraction of sp³-hybridized carbons (Fsp3) is 0.941. The molecule has 0 radical (unpaired) electrons. The van der Waals surface area contributed by atoms with Gasteiger partial charge in [0.05, 0.1) is 0 Å². The molecule has 0 spiro atoms. The maximum Gasteiger partial charge on any atom is 0.303 e. The maximum absolute atomic E-state index is 11.0. The fourth-order valence-corrected chi connectivity index (χ4v) is 4.89. The van der Waals surface area contributed by atoms with Crippen LogP contribution >= 0.6 is 0 Å². The zero-order valence-corrected chi connectivity index (χ0v) is 13.3. The minimum Gasteiger partial charge on any atom is -0.481 e. The molecule has 3 fully saturated rings. The Kier molecular flexibility index (Phi) is 4.85. The number of carbonyl (C=O) groups is 1. The van der Waals surface area contributed by atoms with E-state index in [1.165, 1.54) is 58.2 Å². The number of rotatable bonds is 4. The van der Waals surface area contributed by atoms with Gasteiger partial charge in [-0.3, -0.25) is 14.6 Å². The van der Waals surface area contributed by atoms with Crippen molar-refractivity contribution in [3.8, 4) is 0 Å². The average molecular weight is 294 g/mol. The van der Waals surface area contributed by atoms with E-state index in [4.69, 9.17) is 5.11 Å². The van der Waals surface area contributed by atoms with E-state index in [1.54, 1.807) is 0 Å². The lowest BCUT2D eigenvalue weighted by molar-refractivity contribution is -0.138. The number of hydrogen-bond acceptors (Lipinski definition) is 3. The Bertz CT molecular complexity index is 374. The van der Waals surface area contributed by atoms with Crippen LogP contribution in [0.15, 0.2) is 0 Å². The summed E-state index contributed by atoms with van der Waals surface area (Å²) in [5.41, 5.74) is 0. The third kappa shape index (κ3) is 3.42. The van der Waals surface area contributed by atoms with Gasteiger partial charge < -0.3 is 5.11 Å². The van der Waals surface area contributed by atoms with Gasteiger partial charge in [-0.1, -0.05) is 13.3 Å². The zero-order chi connectivity index (χ0) is 14.8. The van der Waals surface area contributed by atoms with Crippen LogP contribution in [0.5, 0.6) is 0 Å². The molecular weight excluding hydrogens is 264 g/mol. The molecule has 3 aliphatic rings. The number of piperidine rings is 2. The highest BCUT2D eigenvalue weighted by Gasteiger charge is 2.40. The first-order valence-electron chi connectivity index (χ1n) is 8.85. The standard InChI is InChI=1S/C17H30N2O2/c1-13(11-17(20)21)14-5-4-9-19(12-14)16-7-10-18-8-3-2-6-15(16)18/h13-16H,2-12H2,1H3,(H,20,21). The van der Waals surface area contributed by atoms with Crippen molar-refractivity contribution in [3.05, 3.63) is 0 Å². The van der Waals surface area contributed by atoms with Crippen LogP contribution in [0, 0.1) is 11.8 Å². The van der Waals surface area contributed by atoms with Gasteiger partial charge >= 0.3 is 5.97 Å². The summed E-state index contributed by atoms with van der Waals surface area (Å²) < 4.78 is 0. The molecule has 120 valence electrons. The van der Waals surface area contributed by atoms with E-state index in [1.807, 2.05) is 0 Å². The highest BCUT2D eigenvalue weighted by Crippen LogP contribution is 2.34. The first kappa shape index (κ1) is 15.3. The molecule has 4 unspecified atom stereocenters. The Morgan fingerprint density at radius 2 is 1.81 bits per heavy atom. The Morgan fingerprint density at radius 1 is 1.05 bits per heavy atom. The van der Waals surface area contributed by atoms with Crippen molar-refractivity contribution >= 4 is 5.97 Å². The molecule has 0 bridgehead atoms. The third-order valence-corrected chi connectivity index (χ3v) is 6.08. The van der Waals surface area contributed by atoms with E-state index in [-0.39, 0.29) is 0 Å². The average Bonchev–Trinajstić information content (AvgIpc) is 2.90. The smallest absolute Gasteiger partial charge is 0.303 e. The molecule has 0 aromatic carbocycles. The molecule has 0 aromatic heterocycles. The molecular formula is C17H30N2O2. The molecule has 4 atom stereocenters. The van der Waals surface area contributed by atoms with Crippen LogP contribution < -0.4 is 0 Å². The molecule has 0 aromatic rings. The van der Waals surface area contributed by atoms with Crippen molar-refractivity contribution in [1.29, 1.82) is 0 Å². The van der Waals surface area contributed by atoms with Crippen LogP contribution in [0.1, 0.15) is 51.9 Å². The predicted octanol–water partition coefficient (Wildman–Crippen LogP) is 2.44. The Balaban J connectivity index is 1.59. The summed E-state index contributed by atoms with van der Waals surface area (Å²) in [6, 6.07) is 1.53. The Hall–Kier alpha value is -0.610. The maximum atomic E-state index is 11.0. The molecule has 3 saturated heterocycles. The van der Waals surface area contributed by atoms with E-state index in [0.717, 1.165) is 18.6 Å². The van der Waals surface area contributed by atoms with Gasteiger partial charge in [0.15, 0.2) is 0 Å². The van der Waals surface area contributed by atoms with E-state index >= 15 is 0 Å². The van der Waals surface area contributed by atoms with Crippen molar-refractivity contribution < 1.29 is 9.90 Å². The quantitative estimate of drug-likeness (QED) is 0.865. The van der Waals surface area contributed by atoms with Gasteiger partial charge in [0.2, 0.25) is 0 Å². The second kappa shape index (κ2) is 6.66. The van der Waals surface area contributed by atoms with Crippen LogP contribution in [-0.2, 0) is 4.79 Å². The van der Waals surface area contributed by atoms with E-state index < -0.39 is 5.97 Å². The first-order valence-corrected chi connectivity index (χ1v) is 8.85. The number of aliphatic carboxylic acids is 1. The van der Waals surface area contributed by atoms with Crippen LogP contribution in [0.2, 0.25) is 0 Å². The van der Waals surface area contributed by atoms with Crippen LogP contribution in [0.4, 0.5) is 0 Å². The molecule has 3 rings (SSSR count). The molecule has 3 aliphatic heterocycles. The van der Waals surface area contributed by atoms with E-state index in [2.05, 4.69) is 16.7 Å². The lowest BCUT2D eigenvalue weighted by Gasteiger charge is -2.42. The van der Waals surface area contributed by atoms with Gasteiger partial charge in [0.25, 0.3) is 0 Å². The molecule has 0 saturated carbocycles. The second-order valence-electron chi connectivity index (χ2n) is 7.43. The van der Waals surface area contributed by atoms with Gasteiger partial charge in [-0.15, -0.1) is 0 Å². The second-order valence-corrected chi connectivity index (χ2v) is 7.43. The Labute approximate surface area is 128 Å². The molecule has 4 heteroatoms. The highest BCUT2D eigenvalue weighted by atomic mass is 16.4. The first-order chi connectivity index (χ1) is 10.1. The number of carboxylic acids is 1. The van der Waals surface area contributed by atoms with Crippen molar-refractivity contribution in [2.45, 2.75) is 64.0 Å². The molecule has 0 amide bonds. The number of nitrogens with zero attached hydrogens (tertiary/aromatic N) is 2. The number of fused-ring (bicyclic) bond motifs is 1. The van der Waals surface area contributed by atoms with Crippen molar-refractivity contribution in [3.63, 3.8) is 0 Å². The number of carboxylic acid groups (broad SMARTS) is 1. The third-order valence-electron chi connectivity index (χ3n) is 6.08. The monoisotopic (exact) mass is 294 g/mol. The van der Waals surface area contributed by atoms with Crippen LogP contribution in [0.3, 0.4) is 0 Å². The van der Waals surface area contributed by atoms with Crippen molar-refractivity contribution in [2.24, 2.45) is 11.8 Å². The minimum atomic E-state index is -0.640. The Morgan fingerprint density at radius 3 is 2.62 bits per heavy atom. The fourth-order valence-electron chi connectivity index (χ4n) is 4.89. The topological polar surface area (TPSA) is 43.8 Å². The lowest BCUT2D eigenvalue weighted by Crippen LogP contribution is -2.51. The summed E-state index contributed by atoms with van der Waals surface area (Å²) >= 11 is 0. The largest absolute Gasteiger partial charge is 0.481 e. The molecule has 3 heterocycles. The number of likely N-dealkylation sites (tertiary alicyclic amines) is 1. The summed E-state index contributed by atoms with van der Waals surface area (Å²) in [5, 5.41) is 9.03. The predicted molar refractivity (Wildman–Crippen MR) is 83.3 cm³/mol. The van der Waals surface area contributed by atoms with E-state index in [9.17, 15) is 4.79 Å². The minimum absolute atomic E-state index is 0.314. The highest BCUT2D eigenvalue weighted by molar-refractivity contribution is 5.67. The van der Waals surface area contributed by atoms with Gasteiger partial charge in [0, 0.05) is 31.6 Å². The summed E-state index contributed by atoms with van der Waals surface area (Å²) in [6.45, 7) is 7.06. The summed E-state index contributed by atoms with van der Waals surface area (Å²) in [6.07, 6.45) is 8.26. The van der Waals surface area contributed by atoms with Crippen molar-refractivity contribution in [2.75, 3.05) is 26.2 Å². The lowest BCUT2D eigenvalue weighted by atomic mass is 9.83. The van der Waals surface area contributed by atoms with E-state index in [0.29, 0.717) is 18.3 Å². The zero-order valence-electron chi connectivity index (χ0n) is 13.3. The van der Waals surface area contributed by atoms with Gasteiger partial charge in [-0.05, 0) is 57.0 Å². The summed E-state index contributed by atoms with van der Waals surface area (Å²) in [7, 11) is 0. The summed E-state index contributed by atoms with van der Waals surface area (Å²) in [5.74, 6) is 0.251. The molecule has 0 aliphatic carbocycles. The van der Waals surface area contributed by atoms with Gasteiger partial charge in [-0.2, -0.15) is 0 Å². The van der Waals surface area contributed by atoms with Crippen LogP contribution in [0.25, 0.3) is 0 Å². The van der Waals surface area contributed by atoms with Gasteiger partial charge in [0.1, 0.15) is 0 Å². The normalized spacial score (nSPS) is 36.3. The molecule has 1 N–H and O–H groups in total. The van der Waals surface area contributed by atoms with Crippen molar-refractivity contribution in [1.82, 2.24) is 9.80 Å². The van der Waals surface area contributed by atoms with Crippen LogP contribution in [-0.4, -0.2) is 59.1 Å². The molecule has 4 nitrogen and oxygen atoms in total. The SMILES string of the molecule is CC(CC(=O)O)C1CCCN(C2CCN3CCCCC23)C1. The molecule has 21 heavy (non-hydrogen) atoms. The number of hydrogen-bond donors (Lipinski definition) is 1.